The van der Waals surface area contributed by atoms with Gasteiger partial charge in [-0.25, -0.2) is 4.79 Å². The van der Waals surface area contributed by atoms with E-state index in [0.717, 1.165) is 11.1 Å². The minimum Gasteiger partial charge on any atom is -0.504 e. The predicted molar refractivity (Wildman–Crippen MR) is 139 cm³/mol. The summed E-state index contributed by atoms with van der Waals surface area (Å²) in [6.07, 6.45) is -1.18. The van der Waals surface area contributed by atoms with Crippen LogP contribution >= 0.6 is 0 Å². The number of phenolic OH excluding ortho intramolecular Hbond substituents is 1. The lowest BCUT2D eigenvalue weighted by Crippen LogP contribution is -2.74. The van der Waals surface area contributed by atoms with Crippen molar-refractivity contribution in [1.29, 1.82) is 0 Å². The molecule has 2 bridgehead atoms. The van der Waals surface area contributed by atoms with Gasteiger partial charge < -0.3 is 44.9 Å². The molecule has 2 heterocycles. The first-order valence-electron chi connectivity index (χ1n) is 13.6. The van der Waals surface area contributed by atoms with E-state index in [1.807, 2.05) is 18.4 Å². The molecule has 4 aliphatic rings. The molecule has 2 aliphatic carbocycles. The number of nitrogens with zero attached hydrogens (tertiary/aromatic N) is 1. The van der Waals surface area contributed by atoms with Gasteiger partial charge in [0.25, 0.3) is 5.91 Å². The van der Waals surface area contributed by atoms with E-state index in [2.05, 4.69) is 4.90 Å². The lowest BCUT2D eigenvalue weighted by atomic mass is 9.50. The normalized spacial score (nSPS) is 28.3. The first-order valence-corrected chi connectivity index (χ1v) is 13.6. The third kappa shape index (κ3) is 4.64. The zero-order valence-corrected chi connectivity index (χ0v) is 23.0. The molecule has 1 saturated heterocycles. The molecule has 1 aromatic carbocycles. The minimum atomic E-state index is -1.71. The van der Waals surface area contributed by atoms with Crippen LogP contribution in [0.1, 0.15) is 50.2 Å². The molecule has 0 radical (unpaired) electrons. The Labute approximate surface area is 239 Å². The molecule has 0 saturated carbocycles. The minimum absolute atomic E-state index is 0.0681. The molecule has 0 aromatic heterocycles. The van der Waals surface area contributed by atoms with Gasteiger partial charge in [-0.05, 0) is 51.1 Å². The summed E-state index contributed by atoms with van der Waals surface area (Å²) in [7, 11) is 1.95. The van der Waals surface area contributed by atoms with E-state index >= 15 is 0 Å². The Morgan fingerprint density at radius 3 is 2.57 bits per heavy atom. The fourth-order valence-electron chi connectivity index (χ4n) is 6.80. The Bertz CT molecular complexity index is 1390. The number of hydrogen-bond acceptors (Lipinski definition) is 11. The number of carbonyl (C=O) groups is 5. The summed E-state index contributed by atoms with van der Waals surface area (Å²) in [4.78, 5) is 61.4. The summed E-state index contributed by atoms with van der Waals surface area (Å²) in [5.41, 5.74) is -0.466. The number of aromatic hydroxyl groups is 1. The van der Waals surface area contributed by atoms with Crippen LogP contribution in [0.5, 0.6) is 11.5 Å². The van der Waals surface area contributed by atoms with Crippen LogP contribution in [-0.2, 0) is 45.3 Å². The van der Waals surface area contributed by atoms with Crippen molar-refractivity contribution in [2.75, 3.05) is 13.6 Å². The highest BCUT2D eigenvalue weighted by molar-refractivity contribution is 5.90. The van der Waals surface area contributed by atoms with E-state index in [4.69, 9.17) is 24.4 Å². The van der Waals surface area contributed by atoms with Gasteiger partial charge in [0.15, 0.2) is 23.7 Å². The molecule has 5 rings (SSSR count). The molecule has 2 aliphatic heterocycles. The Kier molecular flexibility index (Phi) is 7.39. The monoisotopic (exact) mass is 588 g/mol. The van der Waals surface area contributed by atoms with Crippen molar-refractivity contribution in [3.8, 4) is 11.5 Å². The van der Waals surface area contributed by atoms with E-state index in [1.54, 1.807) is 12.1 Å². The second kappa shape index (κ2) is 10.6. The van der Waals surface area contributed by atoms with Gasteiger partial charge in [-0.1, -0.05) is 6.07 Å². The molecule has 5 N–H and O–H groups in total. The average molecular weight is 589 g/mol. The number of nitrogens with one attached hydrogen (secondary N) is 1. The van der Waals surface area contributed by atoms with Crippen LogP contribution in [0.3, 0.4) is 0 Å². The molecule has 14 heteroatoms. The number of hydrogen-bond donors (Lipinski definition) is 5. The van der Waals surface area contributed by atoms with Crippen LogP contribution in [0.15, 0.2) is 24.0 Å². The van der Waals surface area contributed by atoms with Crippen LogP contribution in [0.25, 0.3) is 0 Å². The third-order valence-corrected chi connectivity index (χ3v) is 8.79. The van der Waals surface area contributed by atoms with Crippen molar-refractivity contribution >= 4 is 29.8 Å². The standard InChI is InChI=1S/C28H32N2O12/c1-13(25(36)29-15(26(37)38)12-19(32)33)40-20(34)5-6-21(35)41-17-7-8-28(39)18-11-14-3-4-16(31)23-22(14)27(28,24(17)42-23)9-10-30(18)2/h3-4,7,13,15,18,24,31,39H,5-6,8-12H2,1-2H3,(H,29,36)(H,32,33)(H,37,38)/t13-,15+,18+,24-,27-,28+/m0/s1. The Morgan fingerprint density at radius 2 is 1.88 bits per heavy atom. The molecule has 14 nitrogen and oxygen atoms in total. The highest BCUT2D eigenvalue weighted by Gasteiger charge is 2.72. The summed E-state index contributed by atoms with van der Waals surface area (Å²) in [5.74, 6) is -5.35. The first kappa shape index (κ1) is 29.3. The second-order valence-electron chi connectivity index (χ2n) is 11.2. The van der Waals surface area contributed by atoms with Gasteiger partial charge in [-0.2, -0.15) is 0 Å². The summed E-state index contributed by atoms with van der Waals surface area (Å²) >= 11 is 0. The number of benzene rings is 1. The number of phenols is 1. The van der Waals surface area contributed by atoms with E-state index in [0.29, 0.717) is 19.4 Å². The zero-order valence-electron chi connectivity index (χ0n) is 23.0. The van der Waals surface area contributed by atoms with Gasteiger partial charge in [0, 0.05) is 18.0 Å². The number of amides is 1. The first-order chi connectivity index (χ1) is 19.8. The largest absolute Gasteiger partial charge is 0.504 e. The molecular formula is C28H32N2O12. The average Bonchev–Trinajstić information content (AvgIpc) is 3.28. The summed E-state index contributed by atoms with van der Waals surface area (Å²) in [6, 6.07) is 1.46. The fourth-order valence-corrected chi connectivity index (χ4v) is 6.80. The number of esters is 2. The second-order valence-corrected chi connectivity index (χ2v) is 11.2. The zero-order chi connectivity index (χ0) is 30.6. The number of rotatable bonds is 10. The molecule has 226 valence electrons. The van der Waals surface area contributed by atoms with Crippen LogP contribution in [0.4, 0.5) is 0 Å². The highest BCUT2D eigenvalue weighted by Crippen LogP contribution is 2.65. The van der Waals surface area contributed by atoms with Gasteiger partial charge in [0.05, 0.1) is 30.3 Å². The van der Waals surface area contributed by atoms with Gasteiger partial charge in [0.2, 0.25) is 0 Å². The van der Waals surface area contributed by atoms with E-state index in [1.165, 1.54) is 6.92 Å². The van der Waals surface area contributed by atoms with Crippen molar-refractivity contribution in [2.24, 2.45) is 0 Å². The number of likely N-dealkylation sites (N-methyl/N-ethyl adjacent to an activating group) is 1. The van der Waals surface area contributed by atoms with Gasteiger partial charge in [0.1, 0.15) is 11.8 Å². The SMILES string of the molecule is C[C@H](OC(=O)CCC(=O)OC1=CC[C@@]2(O)[C@H]3Cc4ccc(O)c5c4[C@@]2(CCN3C)[C@H]1O5)C(=O)N[C@H](CC(=O)O)C(=O)O. The van der Waals surface area contributed by atoms with E-state index < -0.39 is 78.3 Å². The Hall–Kier alpha value is -4.17. The molecular weight excluding hydrogens is 556 g/mol. The molecule has 1 aromatic rings. The number of carbonyl (C=O) groups excluding carboxylic acids is 3. The smallest absolute Gasteiger partial charge is 0.326 e. The van der Waals surface area contributed by atoms with Gasteiger partial charge >= 0.3 is 23.9 Å². The predicted octanol–water partition coefficient (Wildman–Crippen LogP) is -0.0309. The summed E-state index contributed by atoms with van der Waals surface area (Å²) in [5, 5.41) is 42.6. The summed E-state index contributed by atoms with van der Waals surface area (Å²) < 4.78 is 16.8. The maximum absolute atomic E-state index is 12.8. The number of likely N-dealkylation sites (tertiary alicyclic amines) is 1. The number of carboxylic acid groups (broad SMARTS) is 2. The third-order valence-electron chi connectivity index (χ3n) is 8.79. The molecule has 0 unspecified atom stereocenters. The topological polar surface area (TPSA) is 209 Å². The van der Waals surface area contributed by atoms with Crippen molar-refractivity contribution in [1.82, 2.24) is 10.2 Å². The maximum Gasteiger partial charge on any atom is 0.326 e. The molecule has 1 spiro atoms. The number of aliphatic hydroxyl groups is 1. The highest BCUT2D eigenvalue weighted by atomic mass is 16.6. The molecule has 42 heavy (non-hydrogen) atoms. The van der Waals surface area contributed by atoms with Crippen molar-refractivity contribution in [2.45, 2.75) is 80.8 Å². The summed E-state index contributed by atoms with van der Waals surface area (Å²) in [6.45, 7) is 1.83. The fraction of sp³-hybridized carbons (Fsp3) is 0.536. The lowest BCUT2D eigenvalue weighted by molar-refractivity contribution is -0.169. The number of carboxylic acids is 2. The number of ether oxygens (including phenoxy) is 3. The quantitative estimate of drug-likeness (QED) is 0.228. The van der Waals surface area contributed by atoms with Gasteiger partial charge in [-0.15, -0.1) is 0 Å². The van der Waals surface area contributed by atoms with Gasteiger partial charge in [-0.3, -0.25) is 19.2 Å². The lowest BCUT2D eigenvalue weighted by Gasteiger charge is -2.61. The van der Waals surface area contributed by atoms with Crippen molar-refractivity contribution in [3.63, 3.8) is 0 Å². The molecule has 1 amide bonds. The maximum atomic E-state index is 12.8. The van der Waals surface area contributed by atoms with Crippen LogP contribution < -0.4 is 10.1 Å². The van der Waals surface area contributed by atoms with E-state index in [9.17, 15) is 34.2 Å². The van der Waals surface area contributed by atoms with Crippen LogP contribution in [-0.4, -0.2) is 98.6 Å². The number of aliphatic carboxylic acids is 2. The Morgan fingerprint density at radius 1 is 1.17 bits per heavy atom. The molecule has 1 fully saturated rings. The number of piperidine rings is 1. The Balaban J connectivity index is 1.23. The molecule has 6 atom stereocenters. The van der Waals surface area contributed by atoms with E-state index in [-0.39, 0.29) is 29.7 Å². The van der Waals surface area contributed by atoms with Crippen molar-refractivity contribution < 1.29 is 58.6 Å². The van der Waals surface area contributed by atoms with Crippen LogP contribution in [0.2, 0.25) is 0 Å². The van der Waals surface area contributed by atoms with Crippen LogP contribution in [0, 0.1) is 0 Å². The van der Waals surface area contributed by atoms with Crippen molar-refractivity contribution in [3.05, 3.63) is 35.1 Å².